The van der Waals surface area contributed by atoms with Crippen LogP contribution in [-0.2, 0) is 20.8 Å². The highest BCUT2D eigenvalue weighted by atomic mass is 35.5. The Balaban J connectivity index is 1.39. The number of carbonyl (C=O) groups is 3. The van der Waals surface area contributed by atoms with Crippen LogP contribution in [0.25, 0.3) is 10.8 Å². The van der Waals surface area contributed by atoms with Crippen LogP contribution in [0.5, 0.6) is 0 Å². The van der Waals surface area contributed by atoms with Crippen molar-refractivity contribution in [3.63, 3.8) is 0 Å². The molecule has 0 radical (unpaired) electrons. The van der Waals surface area contributed by atoms with Gasteiger partial charge in [0, 0.05) is 51.1 Å². The zero-order chi connectivity index (χ0) is 32.8. The predicted octanol–water partition coefficient (Wildman–Crippen LogP) is 7.40. The van der Waals surface area contributed by atoms with Gasteiger partial charge < -0.3 is 24.0 Å². The number of hydrogen-bond donors (Lipinski definition) is 1. The van der Waals surface area contributed by atoms with E-state index in [0.29, 0.717) is 58.5 Å². The highest BCUT2D eigenvalue weighted by molar-refractivity contribution is 8.00. The number of halogens is 2. The molecule has 46 heavy (non-hydrogen) atoms. The SMILES string of the molecule is CC(C)(C)OC(=O)CN(Sc1cc(Cl)cc(Cl)c1)c1cccc2c(C(=O)NCc3cccc(C(=O)N4CCOCC4)c3)cccc12. The van der Waals surface area contributed by atoms with Crippen molar-refractivity contribution >= 4 is 69.4 Å². The Kier molecular flexibility index (Phi) is 10.8. The van der Waals surface area contributed by atoms with E-state index in [2.05, 4.69) is 5.32 Å². The van der Waals surface area contributed by atoms with Crippen LogP contribution < -0.4 is 9.62 Å². The lowest BCUT2D eigenvalue weighted by atomic mass is 10.0. The lowest BCUT2D eigenvalue weighted by Gasteiger charge is -2.27. The van der Waals surface area contributed by atoms with Crippen LogP contribution in [0.4, 0.5) is 5.69 Å². The monoisotopic (exact) mass is 679 g/mol. The summed E-state index contributed by atoms with van der Waals surface area (Å²) in [5, 5.41) is 5.44. The average Bonchev–Trinajstić information content (AvgIpc) is 3.01. The van der Waals surface area contributed by atoms with Gasteiger partial charge in [-0.1, -0.05) is 59.6 Å². The third-order valence-corrected chi connectivity index (χ3v) is 8.51. The number of carbonyl (C=O) groups excluding carboxylic acids is 3. The predicted molar refractivity (Wildman–Crippen MR) is 184 cm³/mol. The topological polar surface area (TPSA) is 88.2 Å². The fraction of sp³-hybridized carbons (Fsp3) is 0.286. The van der Waals surface area contributed by atoms with Gasteiger partial charge in [0.2, 0.25) is 0 Å². The fourth-order valence-electron chi connectivity index (χ4n) is 5.12. The first kappa shape index (κ1) is 33.6. The van der Waals surface area contributed by atoms with Crippen LogP contribution in [-0.4, -0.2) is 61.1 Å². The maximum absolute atomic E-state index is 13.6. The Hall–Kier alpha value is -3.76. The third kappa shape index (κ3) is 8.73. The Morgan fingerprint density at radius 2 is 1.59 bits per heavy atom. The van der Waals surface area contributed by atoms with Crippen molar-refractivity contribution in [2.75, 3.05) is 37.2 Å². The summed E-state index contributed by atoms with van der Waals surface area (Å²) >= 11 is 13.9. The summed E-state index contributed by atoms with van der Waals surface area (Å²) in [6, 6.07) is 23.6. The minimum Gasteiger partial charge on any atom is -0.459 e. The average molecular weight is 681 g/mol. The molecule has 4 aromatic carbocycles. The van der Waals surface area contributed by atoms with Crippen LogP contribution in [0.3, 0.4) is 0 Å². The fourth-order valence-corrected chi connectivity index (χ4v) is 6.81. The van der Waals surface area contributed by atoms with E-state index < -0.39 is 11.6 Å². The minimum absolute atomic E-state index is 0.0492. The van der Waals surface area contributed by atoms with E-state index in [0.717, 1.165) is 15.8 Å². The molecule has 0 aromatic heterocycles. The maximum Gasteiger partial charge on any atom is 0.327 e. The Labute approximate surface area is 283 Å². The van der Waals surface area contributed by atoms with E-state index in [1.54, 1.807) is 35.2 Å². The number of nitrogens with one attached hydrogen (secondary N) is 1. The Morgan fingerprint density at radius 3 is 2.30 bits per heavy atom. The summed E-state index contributed by atoms with van der Waals surface area (Å²) in [5.74, 6) is -0.721. The zero-order valence-corrected chi connectivity index (χ0v) is 28.2. The summed E-state index contributed by atoms with van der Waals surface area (Å²) in [5.41, 5.74) is 1.92. The second kappa shape index (κ2) is 14.8. The number of nitrogens with zero attached hydrogens (tertiary/aromatic N) is 2. The Morgan fingerprint density at radius 1 is 0.913 bits per heavy atom. The van der Waals surface area contributed by atoms with E-state index in [4.69, 9.17) is 32.7 Å². The molecule has 1 fully saturated rings. The molecule has 8 nitrogen and oxygen atoms in total. The van der Waals surface area contributed by atoms with Crippen LogP contribution in [0.1, 0.15) is 47.1 Å². The number of ether oxygens (including phenoxy) is 2. The number of fused-ring (bicyclic) bond motifs is 1. The molecule has 0 saturated carbocycles. The van der Waals surface area contributed by atoms with E-state index in [9.17, 15) is 14.4 Å². The van der Waals surface area contributed by atoms with E-state index >= 15 is 0 Å². The number of esters is 1. The molecule has 4 aromatic rings. The van der Waals surface area contributed by atoms with Crippen LogP contribution in [0, 0.1) is 0 Å². The summed E-state index contributed by atoms with van der Waals surface area (Å²) in [6.45, 7) is 7.81. The van der Waals surface area contributed by atoms with Crippen molar-refractivity contribution in [2.24, 2.45) is 0 Å². The van der Waals surface area contributed by atoms with Gasteiger partial charge in [-0.25, -0.2) is 0 Å². The molecule has 1 heterocycles. The number of amides is 2. The molecule has 0 spiro atoms. The van der Waals surface area contributed by atoms with Crippen molar-refractivity contribution in [3.8, 4) is 0 Å². The first-order chi connectivity index (χ1) is 22.0. The highest BCUT2D eigenvalue weighted by Gasteiger charge is 2.23. The smallest absolute Gasteiger partial charge is 0.327 e. The molecular weight excluding hydrogens is 645 g/mol. The summed E-state index contributed by atoms with van der Waals surface area (Å²) in [6.07, 6.45) is 0. The van der Waals surface area contributed by atoms with Gasteiger partial charge in [-0.3, -0.25) is 14.4 Å². The van der Waals surface area contributed by atoms with Crippen molar-refractivity contribution < 1.29 is 23.9 Å². The molecule has 0 atom stereocenters. The first-order valence-corrected chi connectivity index (χ1v) is 16.4. The van der Waals surface area contributed by atoms with Gasteiger partial charge in [0.1, 0.15) is 12.1 Å². The molecule has 1 N–H and O–H groups in total. The van der Waals surface area contributed by atoms with Gasteiger partial charge in [-0.05, 0) is 86.1 Å². The summed E-state index contributed by atoms with van der Waals surface area (Å²) < 4.78 is 12.8. The van der Waals surface area contributed by atoms with Crippen molar-refractivity contribution in [2.45, 2.75) is 37.8 Å². The summed E-state index contributed by atoms with van der Waals surface area (Å²) in [4.78, 5) is 42.1. The minimum atomic E-state index is -0.661. The van der Waals surface area contributed by atoms with Gasteiger partial charge in [0.15, 0.2) is 0 Å². The molecule has 2 amide bonds. The molecule has 1 aliphatic heterocycles. The third-order valence-electron chi connectivity index (χ3n) is 7.08. The van der Waals surface area contributed by atoms with E-state index in [1.165, 1.54) is 11.9 Å². The molecule has 0 aliphatic carbocycles. The zero-order valence-electron chi connectivity index (χ0n) is 25.8. The van der Waals surface area contributed by atoms with Crippen molar-refractivity contribution in [1.82, 2.24) is 10.2 Å². The van der Waals surface area contributed by atoms with Gasteiger partial charge in [-0.15, -0.1) is 0 Å². The van der Waals surface area contributed by atoms with Gasteiger partial charge >= 0.3 is 5.97 Å². The second-order valence-corrected chi connectivity index (χ2v) is 13.8. The van der Waals surface area contributed by atoms with Gasteiger partial charge in [0.05, 0.1) is 18.9 Å². The van der Waals surface area contributed by atoms with Gasteiger partial charge in [0.25, 0.3) is 11.8 Å². The quantitative estimate of drug-likeness (QED) is 0.146. The highest BCUT2D eigenvalue weighted by Crippen LogP contribution is 2.37. The number of anilines is 1. The first-order valence-electron chi connectivity index (χ1n) is 14.9. The maximum atomic E-state index is 13.6. The van der Waals surface area contributed by atoms with Crippen LogP contribution >= 0.6 is 35.1 Å². The molecule has 11 heteroatoms. The number of rotatable bonds is 9. The largest absolute Gasteiger partial charge is 0.459 e. The molecule has 0 unspecified atom stereocenters. The number of hydrogen-bond acceptors (Lipinski definition) is 7. The molecule has 240 valence electrons. The lowest BCUT2D eigenvalue weighted by Crippen LogP contribution is -2.40. The van der Waals surface area contributed by atoms with E-state index in [-0.39, 0.29) is 24.9 Å². The van der Waals surface area contributed by atoms with Crippen molar-refractivity contribution in [3.05, 3.63) is 106 Å². The molecule has 0 bridgehead atoms. The standard InChI is InChI=1S/C35H35Cl2N3O5S/c1-35(2,3)45-32(41)22-40(46-27-19-25(36)18-26(37)20-27)31-12-6-9-28-29(31)10-5-11-30(28)33(42)38-21-23-7-4-8-24(17-23)34(43)39-13-15-44-16-14-39/h4-12,17-20H,13-16,21-22H2,1-3H3,(H,38,42). The molecular formula is C35H35Cl2N3O5S. The van der Waals surface area contributed by atoms with E-state index in [1.807, 2.05) is 73.6 Å². The van der Waals surface area contributed by atoms with Crippen LogP contribution in [0.2, 0.25) is 10.0 Å². The Bertz CT molecular complexity index is 1730. The lowest BCUT2D eigenvalue weighted by molar-refractivity contribution is -0.152. The molecule has 5 rings (SSSR count). The number of benzene rings is 4. The summed E-state index contributed by atoms with van der Waals surface area (Å²) in [7, 11) is 0. The number of morpholine rings is 1. The van der Waals surface area contributed by atoms with Crippen LogP contribution in [0.15, 0.2) is 83.8 Å². The normalized spacial score (nSPS) is 13.4. The van der Waals surface area contributed by atoms with Gasteiger partial charge in [-0.2, -0.15) is 0 Å². The molecule has 1 aliphatic rings. The molecule has 1 saturated heterocycles. The second-order valence-electron chi connectivity index (χ2n) is 11.8. The van der Waals surface area contributed by atoms with Crippen molar-refractivity contribution in [1.29, 1.82) is 0 Å².